The zero-order chi connectivity index (χ0) is 16.3. The number of benzene rings is 1. The lowest BCUT2D eigenvalue weighted by Crippen LogP contribution is -2.47. The van der Waals surface area contributed by atoms with Gasteiger partial charge in [-0.2, -0.15) is 0 Å². The summed E-state index contributed by atoms with van der Waals surface area (Å²) in [6.45, 7) is 6.59. The molecule has 1 saturated heterocycles. The van der Waals surface area contributed by atoms with Gasteiger partial charge in [0.05, 0.1) is 12.1 Å². The number of aryl methyl sites for hydroxylation is 1. The molecular formula is C17H25FN2O2. The quantitative estimate of drug-likeness (QED) is 0.902. The number of nitrogens with one attached hydrogen (secondary N) is 1. The monoisotopic (exact) mass is 308 g/mol. The van der Waals surface area contributed by atoms with Crippen LogP contribution >= 0.6 is 0 Å². The minimum Gasteiger partial charge on any atom is -0.393 e. The number of piperidine rings is 1. The van der Waals surface area contributed by atoms with Crippen molar-refractivity contribution in [3.63, 3.8) is 0 Å². The molecule has 1 aliphatic rings. The zero-order valence-electron chi connectivity index (χ0n) is 13.5. The Bertz CT molecular complexity index is 533. The minimum absolute atomic E-state index is 0.131. The number of aliphatic hydroxyl groups is 1. The lowest BCUT2D eigenvalue weighted by atomic mass is 9.93. The lowest BCUT2D eigenvalue weighted by Gasteiger charge is -2.34. The second kappa shape index (κ2) is 7.09. The van der Waals surface area contributed by atoms with Crippen LogP contribution in [0.5, 0.6) is 0 Å². The van der Waals surface area contributed by atoms with Crippen LogP contribution in [-0.4, -0.2) is 35.2 Å². The predicted molar refractivity (Wildman–Crippen MR) is 84.1 cm³/mol. The fourth-order valence-electron chi connectivity index (χ4n) is 2.83. The normalized spacial score (nSPS) is 21.3. The van der Waals surface area contributed by atoms with Crippen molar-refractivity contribution in [1.82, 2.24) is 10.2 Å². The van der Waals surface area contributed by atoms with Gasteiger partial charge in [0.25, 0.3) is 0 Å². The average Bonchev–Trinajstić information content (AvgIpc) is 2.50. The molecule has 0 bridgehead atoms. The number of likely N-dealkylation sites (tertiary alicyclic amines) is 1. The molecule has 2 rings (SSSR count). The highest BCUT2D eigenvalue weighted by Crippen LogP contribution is 2.21. The molecule has 0 radical (unpaired) electrons. The Morgan fingerprint density at radius 1 is 1.45 bits per heavy atom. The van der Waals surface area contributed by atoms with Crippen LogP contribution in [0.4, 0.5) is 9.18 Å². The van der Waals surface area contributed by atoms with Gasteiger partial charge in [-0.15, -0.1) is 0 Å². The van der Waals surface area contributed by atoms with E-state index in [1.165, 1.54) is 6.07 Å². The molecule has 3 atom stereocenters. The van der Waals surface area contributed by atoms with Crippen molar-refractivity contribution in [2.45, 2.75) is 45.8 Å². The van der Waals surface area contributed by atoms with Crippen molar-refractivity contribution in [3.8, 4) is 0 Å². The molecule has 2 amide bonds. The molecule has 5 heteroatoms. The molecule has 1 aromatic rings. The number of nitrogens with zero attached hydrogens (tertiary/aromatic N) is 1. The summed E-state index contributed by atoms with van der Waals surface area (Å²) in [6, 6.07) is 4.61. The smallest absolute Gasteiger partial charge is 0.317 e. The summed E-state index contributed by atoms with van der Waals surface area (Å²) in [5.41, 5.74) is 1.35. The number of hydrogen-bond acceptors (Lipinski definition) is 2. The van der Waals surface area contributed by atoms with E-state index in [2.05, 4.69) is 5.32 Å². The van der Waals surface area contributed by atoms with Crippen molar-refractivity contribution in [2.75, 3.05) is 13.1 Å². The molecule has 0 spiro atoms. The third-order valence-corrected chi connectivity index (χ3v) is 4.46. The number of hydrogen-bond donors (Lipinski definition) is 2. The first-order chi connectivity index (χ1) is 10.4. The Hall–Kier alpha value is -1.62. The van der Waals surface area contributed by atoms with Gasteiger partial charge >= 0.3 is 6.03 Å². The first kappa shape index (κ1) is 16.7. The number of urea groups is 1. The second-order valence-corrected chi connectivity index (χ2v) is 6.27. The average molecular weight is 308 g/mol. The summed E-state index contributed by atoms with van der Waals surface area (Å²) < 4.78 is 13.6. The maximum atomic E-state index is 13.6. The summed E-state index contributed by atoms with van der Waals surface area (Å²) >= 11 is 0. The van der Waals surface area contributed by atoms with Crippen LogP contribution in [-0.2, 0) is 0 Å². The molecule has 1 fully saturated rings. The molecule has 1 heterocycles. The highest BCUT2D eigenvalue weighted by atomic mass is 19.1. The van der Waals surface area contributed by atoms with Crippen molar-refractivity contribution in [2.24, 2.45) is 5.92 Å². The standard InChI is InChI=1S/C17H25FN2O2/c1-11-6-7-14(9-16(11)18)12(2)19-17(22)20-8-4-5-15(10-20)13(3)21/h6-7,9,12-13,15,21H,4-5,8,10H2,1-3H3,(H,19,22). The van der Waals surface area contributed by atoms with Crippen molar-refractivity contribution in [3.05, 3.63) is 35.1 Å². The highest BCUT2D eigenvalue weighted by Gasteiger charge is 2.27. The van der Waals surface area contributed by atoms with Gasteiger partial charge in [-0.1, -0.05) is 12.1 Å². The van der Waals surface area contributed by atoms with E-state index in [0.717, 1.165) is 18.4 Å². The van der Waals surface area contributed by atoms with Gasteiger partial charge in [0, 0.05) is 19.0 Å². The van der Waals surface area contributed by atoms with Gasteiger partial charge in [0.15, 0.2) is 0 Å². The van der Waals surface area contributed by atoms with E-state index in [1.54, 1.807) is 24.8 Å². The first-order valence-electron chi connectivity index (χ1n) is 7.88. The van der Waals surface area contributed by atoms with E-state index < -0.39 is 6.10 Å². The SMILES string of the molecule is Cc1ccc(C(C)NC(=O)N2CCCC(C(C)O)C2)cc1F. The van der Waals surface area contributed by atoms with Crippen LogP contribution in [0.3, 0.4) is 0 Å². The molecule has 122 valence electrons. The summed E-state index contributed by atoms with van der Waals surface area (Å²) in [7, 11) is 0. The summed E-state index contributed by atoms with van der Waals surface area (Å²) in [6.07, 6.45) is 1.44. The topological polar surface area (TPSA) is 52.6 Å². The van der Waals surface area contributed by atoms with Gasteiger partial charge in [-0.25, -0.2) is 9.18 Å². The molecule has 0 aliphatic carbocycles. The van der Waals surface area contributed by atoms with E-state index in [9.17, 15) is 14.3 Å². The summed E-state index contributed by atoms with van der Waals surface area (Å²) in [5, 5.41) is 12.6. The van der Waals surface area contributed by atoms with Crippen LogP contribution in [0.1, 0.15) is 43.9 Å². The van der Waals surface area contributed by atoms with Crippen LogP contribution in [0.2, 0.25) is 0 Å². The van der Waals surface area contributed by atoms with E-state index in [4.69, 9.17) is 0 Å². The fraction of sp³-hybridized carbons (Fsp3) is 0.588. The van der Waals surface area contributed by atoms with Crippen molar-refractivity contribution in [1.29, 1.82) is 0 Å². The molecule has 22 heavy (non-hydrogen) atoms. The number of carbonyl (C=O) groups excluding carboxylic acids is 1. The summed E-state index contributed by atoms with van der Waals surface area (Å²) in [4.78, 5) is 14.1. The third kappa shape index (κ3) is 3.97. The number of amides is 2. The predicted octanol–water partition coefficient (Wildman–Crippen LogP) is 3.00. The molecule has 4 nitrogen and oxygen atoms in total. The van der Waals surface area contributed by atoms with Crippen LogP contribution < -0.4 is 5.32 Å². The maximum absolute atomic E-state index is 13.6. The van der Waals surface area contributed by atoms with Crippen molar-refractivity contribution >= 4 is 6.03 Å². The maximum Gasteiger partial charge on any atom is 0.317 e. The van der Waals surface area contributed by atoms with Crippen LogP contribution in [0.25, 0.3) is 0 Å². The largest absolute Gasteiger partial charge is 0.393 e. The third-order valence-electron chi connectivity index (χ3n) is 4.46. The molecule has 2 N–H and O–H groups in total. The van der Waals surface area contributed by atoms with Gasteiger partial charge < -0.3 is 15.3 Å². The number of rotatable bonds is 3. The fourth-order valence-corrected chi connectivity index (χ4v) is 2.83. The van der Waals surface area contributed by atoms with Gasteiger partial charge in [0.1, 0.15) is 5.82 Å². The number of halogens is 1. The van der Waals surface area contributed by atoms with Crippen LogP contribution in [0.15, 0.2) is 18.2 Å². The Labute approximate surface area is 131 Å². The Morgan fingerprint density at radius 3 is 2.82 bits per heavy atom. The lowest BCUT2D eigenvalue weighted by molar-refractivity contribution is 0.0734. The molecule has 0 saturated carbocycles. The van der Waals surface area contributed by atoms with Gasteiger partial charge in [0.2, 0.25) is 0 Å². The molecular weight excluding hydrogens is 283 g/mol. The molecule has 3 unspecified atom stereocenters. The molecule has 1 aromatic carbocycles. The Morgan fingerprint density at radius 2 is 2.18 bits per heavy atom. The molecule has 0 aromatic heterocycles. The van der Waals surface area contributed by atoms with Gasteiger partial charge in [-0.05, 0) is 50.8 Å². The van der Waals surface area contributed by atoms with E-state index in [-0.39, 0.29) is 23.8 Å². The van der Waals surface area contributed by atoms with Crippen LogP contribution in [0, 0.1) is 18.7 Å². The van der Waals surface area contributed by atoms with E-state index >= 15 is 0 Å². The first-order valence-corrected chi connectivity index (χ1v) is 7.88. The van der Waals surface area contributed by atoms with Gasteiger partial charge in [-0.3, -0.25) is 0 Å². The van der Waals surface area contributed by atoms with E-state index in [0.29, 0.717) is 18.7 Å². The zero-order valence-corrected chi connectivity index (χ0v) is 13.5. The second-order valence-electron chi connectivity index (χ2n) is 6.27. The minimum atomic E-state index is -0.404. The van der Waals surface area contributed by atoms with E-state index in [1.807, 2.05) is 13.0 Å². The Kier molecular flexibility index (Phi) is 5.40. The summed E-state index contributed by atoms with van der Waals surface area (Å²) in [5.74, 6) is -0.127. The highest BCUT2D eigenvalue weighted by molar-refractivity contribution is 5.74. The number of carbonyl (C=O) groups is 1. The molecule has 1 aliphatic heterocycles. The van der Waals surface area contributed by atoms with Crippen molar-refractivity contribution < 1.29 is 14.3 Å². The number of aliphatic hydroxyl groups excluding tert-OH is 1. The Balaban J connectivity index is 1.97.